The number of fused-ring (bicyclic) bond motifs is 2. The molecule has 0 bridgehead atoms. The first kappa shape index (κ1) is 13.0. The second-order valence-electron chi connectivity index (χ2n) is 5.09. The highest BCUT2D eigenvalue weighted by atomic mass is 35.5. The normalized spacial score (nSPS) is 18.2. The third-order valence-electron chi connectivity index (χ3n) is 3.96. The molecule has 4 heterocycles. The summed E-state index contributed by atoms with van der Waals surface area (Å²) < 4.78 is 3.75. The predicted molar refractivity (Wildman–Crippen MR) is 82.0 cm³/mol. The zero-order valence-corrected chi connectivity index (χ0v) is 12.8. The smallest absolute Gasteiger partial charge is 0.158 e. The molecule has 1 unspecified atom stereocenters. The third kappa shape index (κ3) is 1.92. The maximum atomic E-state index is 6.38. The van der Waals surface area contributed by atoms with Gasteiger partial charge < -0.3 is 9.47 Å². The van der Waals surface area contributed by atoms with Crippen LogP contribution in [0.2, 0.25) is 10.2 Å². The SMILES string of the molecule is CC1c2ccc(Cl)n2CCN1c1nc2c[c]nn2cc1Cl. The van der Waals surface area contributed by atoms with Gasteiger partial charge in [-0.3, -0.25) is 0 Å². The summed E-state index contributed by atoms with van der Waals surface area (Å²) in [6, 6.07) is 5.89. The zero-order chi connectivity index (χ0) is 14.6. The molecule has 3 aromatic rings. The van der Waals surface area contributed by atoms with Crippen LogP contribution in [0.15, 0.2) is 24.4 Å². The largest absolute Gasteiger partial charge is 0.345 e. The van der Waals surface area contributed by atoms with E-state index in [1.807, 2.05) is 6.07 Å². The Morgan fingerprint density at radius 2 is 2.14 bits per heavy atom. The van der Waals surface area contributed by atoms with Crippen molar-refractivity contribution in [3.63, 3.8) is 0 Å². The summed E-state index contributed by atoms with van der Waals surface area (Å²) in [6.45, 7) is 3.76. The molecular formula is C14H12Cl2N5. The molecule has 107 valence electrons. The summed E-state index contributed by atoms with van der Waals surface area (Å²) in [5, 5.41) is 5.38. The number of rotatable bonds is 1. The van der Waals surface area contributed by atoms with Crippen LogP contribution in [0.4, 0.5) is 5.82 Å². The Labute approximate surface area is 131 Å². The van der Waals surface area contributed by atoms with Gasteiger partial charge in [0.1, 0.15) is 16.4 Å². The molecule has 1 aliphatic rings. The highest BCUT2D eigenvalue weighted by Crippen LogP contribution is 2.35. The van der Waals surface area contributed by atoms with Crippen LogP contribution in [-0.2, 0) is 6.54 Å². The number of anilines is 1. The fraction of sp³-hybridized carbons (Fsp3) is 0.286. The van der Waals surface area contributed by atoms with E-state index in [4.69, 9.17) is 23.2 Å². The monoisotopic (exact) mass is 320 g/mol. The fourth-order valence-corrected chi connectivity index (χ4v) is 3.37. The van der Waals surface area contributed by atoms with Gasteiger partial charge in [-0.15, -0.1) is 0 Å². The standard InChI is InChI=1S/C14H12Cl2N5/c1-9-11-2-3-12(16)20(11)7-6-19(9)14-10(15)8-21-13(18-14)4-5-17-21/h2-4,8-9H,6-7H2,1H3. The van der Waals surface area contributed by atoms with Gasteiger partial charge in [-0.05, 0) is 19.1 Å². The molecule has 21 heavy (non-hydrogen) atoms. The lowest BCUT2D eigenvalue weighted by Crippen LogP contribution is -2.37. The third-order valence-corrected chi connectivity index (χ3v) is 4.55. The van der Waals surface area contributed by atoms with E-state index in [1.165, 1.54) is 5.69 Å². The van der Waals surface area contributed by atoms with Gasteiger partial charge in [-0.25, -0.2) is 9.50 Å². The molecule has 1 atom stereocenters. The molecule has 1 radical (unpaired) electrons. The average Bonchev–Trinajstić information content (AvgIpc) is 3.06. The molecule has 0 saturated carbocycles. The fourth-order valence-electron chi connectivity index (χ4n) is 2.88. The van der Waals surface area contributed by atoms with Gasteiger partial charge in [0, 0.05) is 24.8 Å². The van der Waals surface area contributed by atoms with Crippen LogP contribution in [0.3, 0.4) is 0 Å². The Morgan fingerprint density at radius 3 is 3.00 bits per heavy atom. The maximum Gasteiger partial charge on any atom is 0.158 e. The van der Waals surface area contributed by atoms with Crippen molar-refractivity contribution in [2.24, 2.45) is 0 Å². The lowest BCUT2D eigenvalue weighted by atomic mass is 10.1. The molecule has 3 aromatic heterocycles. The van der Waals surface area contributed by atoms with E-state index < -0.39 is 0 Å². The zero-order valence-electron chi connectivity index (χ0n) is 11.3. The van der Waals surface area contributed by atoms with Crippen molar-refractivity contribution in [2.75, 3.05) is 11.4 Å². The van der Waals surface area contributed by atoms with Crippen molar-refractivity contribution in [1.82, 2.24) is 19.2 Å². The molecule has 4 rings (SSSR count). The Kier molecular flexibility index (Phi) is 2.87. The Bertz CT molecular complexity index is 822. The van der Waals surface area contributed by atoms with E-state index in [9.17, 15) is 0 Å². The Balaban J connectivity index is 1.80. The van der Waals surface area contributed by atoms with Crippen LogP contribution in [-0.4, -0.2) is 25.7 Å². The van der Waals surface area contributed by atoms with Crippen LogP contribution in [0, 0.1) is 6.20 Å². The van der Waals surface area contributed by atoms with Crippen LogP contribution in [0.1, 0.15) is 18.7 Å². The van der Waals surface area contributed by atoms with Crippen molar-refractivity contribution < 1.29 is 0 Å². The molecule has 1 aliphatic heterocycles. The summed E-state index contributed by atoms with van der Waals surface area (Å²) in [5.74, 6) is 0.772. The number of hydrogen-bond acceptors (Lipinski definition) is 3. The Morgan fingerprint density at radius 1 is 1.29 bits per heavy atom. The summed E-state index contributed by atoms with van der Waals surface area (Å²) in [6.07, 6.45) is 4.54. The maximum absolute atomic E-state index is 6.38. The van der Waals surface area contributed by atoms with Gasteiger partial charge >= 0.3 is 0 Å². The highest BCUT2D eigenvalue weighted by molar-refractivity contribution is 6.33. The second-order valence-corrected chi connectivity index (χ2v) is 5.89. The topological polar surface area (TPSA) is 38.4 Å². The minimum atomic E-state index is 0.158. The molecule has 0 spiro atoms. The summed E-state index contributed by atoms with van der Waals surface area (Å²) in [7, 11) is 0. The van der Waals surface area contributed by atoms with Crippen molar-refractivity contribution in [3.8, 4) is 0 Å². The van der Waals surface area contributed by atoms with Crippen LogP contribution >= 0.6 is 23.2 Å². The van der Waals surface area contributed by atoms with Gasteiger partial charge in [0.05, 0.1) is 12.2 Å². The molecule has 0 aliphatic carbocycles. The van der Waals surface area contributed by atoms with Gasteiger partial charge in [0.2, 0.25) is 0 Å². The number of halogens is 2. The van der Waals surface area contributed by atoms with Gasteiger partial charge in [0.25, 0.3) is 0 Å². The van der Waals surface area contributed by atoms with E-state index in [-0.39, 0.29) is 6.04 Å². The molecule has 0 aromatic carbocycles. The number of aromatic nitrogens is 4. The van der Waals surface area contributed by atoms with E-state index in [0.29, 0.717) is 5.02 Å². The number of nitrogens with zero attached hydrogens (tertiary/aromatic N) is 5. The number of hydrogen-bond donors (Lipinski definition) is 0. The highest BCUT2D eigenvalue weighted by Gasteiger charge is 2.27. The van der Waals surface area contributed by atoms with Crippen molar-refractivity contribution >= 4 is 34.7 Å². The lowest BCUT2D eigenvalue weighted by molar-refractivity contribution is 0.506. The van der Waals surface area contributed by atoms with E-state index in [0.717, 1.165) is 29.7 Å². The lowest BCUT2D eigenvalue weighted by Gasteiger charge is -2.36. The Hall–Kier alpha value is -1.72. The molecule has 0 N–H and O–H groups in total. The molecule has 0 amide bonds. The summed E-state index contributed by atoms with van der Waals surface area (Å²) in [5.41, 5.74) is 1.91. The van der Waals surface area contributed by atoms with Crippen LogP contribution < -0.4 is 4.90 Å². The first-order valence-corrected chi connectivity index (χ1v) is 7.44. The van der Waals surface area contributed by atoms with E-state index in [2.05, 4.69) is 38.7 Å². The molecule has 0 fully saturated rings. The van der Waals surface area contributed by atoms with Gasteiger partial charge in [-0.1, -0.05) is 23.2 Å². The van der Waals surface area contributed by atoms with Crippen molar-refractivity contribution in [3.05, 3.63) is 46.5 Å². The van der Waals surface area contributed by atoms with E-state index >= 15 is 0 Å². The first-order valence-electron chi connectivity index (χ1n) is 6.68. The molecular weight excluding hydrogens is 309 g/mol. The van der Waals surface area contributed by atoms with Crippen LogP contribution in [0.25, 0.3) is 5.65 Å². The minimum Gasteiger partial charge on any atom is -0.345 e. The molecule has 0 saturated heterocycles. The average molecular weight is 321 g/mol. The molecule has 7 heteroatoms. The van der Waals surface area contributed by atoms with E-state index in [1.54, 1.807) is 16.8 Å². The van der Waals surface area contributed by atoms with Crippen molar-refractivity contribution in [1.29, 1.82) is 0 Å². The second kappa shape index (κ2) is 4.64. The van der Waals surface area contributed by atoms with Crippen molar-refractivity contribution in [2.45, 2.75) is 19.5 Å². The summed E-state index contributed by atoms with van der Waals surface area (Å²) in [4.78, 5) is 6.80. The van der Waals surface area contributed by atoms with Gasteiger partial charge in [-0.2, -0.15) is 5.10 Å². The quantitative estimate of drug-likeness (QED) is 0.691. The van der Waals surface area contributed by atoms with Crippen LogP contribution in [0.5, 0.6) is 0 Å². The molecule has 5 nitrogen and oxygen atoms in total. The predicted octanol–water partition coefficient (Wildman–Crippen LogP) is 3.22. The first-order chi connectivity index (χ1) is 10.1. The summed E-state index contributed by atoms with van der Waals surface area (Å²) >= 11 is 12.6. The minimum absolute atomic E-state index is 0.158. The van der Waals surface area contributed by atoms with Gasteiger partial charge in [0.15, 0.2) is 11.5 Å².